The molecule has 2 N–H and O–H groups in total. The average molecular weight is 300 g/mol. The van der Waals surface area contributed by atoms with Crippen LogP contribution in [0.4, 0.5) is 5.69 Å². The van der Waals surface area contributed by atoms with E-state index in [0.717, 1.165) is 5.56 Å². The monoisotopic (exact) mass is 300 g/mol. The van der Waals surface area contributed by atoms with Crippen molar-refractivity contribution in [2.75, 3.05) is 18.2 Å². The molecule has 20 heavy (non-hydrogen) atoms. The highest BCUT2D eigenvalue weighted by Gasteiger charge is 2.10. The number of hydrogen-bond acceptors (Lipinski definition) is 4. The summed E-state index contributed by atoms with van der Waals surface area (Å²) in [6.07, 6.45) is 0.565. The van der Waals surface area contributed by atoms with Crippen molar-refractivity contribution in [3.05, 3.63) is 23.8 Å². The first kappa shape index (κ1) is 16.5. The zero-order valence-electron chi connectivity index (χ0n) is 11.9. The van der Waals surface area contributed by atoms with Gasteiger partial charge in [-0.05, 0) is 24.1 Å². The summed E-state index contributed by atoms with van der Waals surface area (Å²) in [5.41, 5.74) is 1.27. The third-order valence-electron chi connectivity index (χ3n) is 2.54. The van der Waals surface area contributed by atoms with E-state index in [1.165, 1.54) is 14.0 Å². The van der Waals surface area contributed by atoms with Gasteiger partial charge in [0.15, 0.2) is 0 Å². The highest BCUT2D eigenvalue weighted by Crippen LogP contribution is 2.25. The van der Waals surface area contributed by atoms with Gasteiger partial charge in [0.25, 0.3) is 0 Å². The number of methoxy groups -OCH3 is 1. The van der Waals surface area contributed by atoms with E-state index in [1.54, 1.807) is 18.2 Å². The molecule has 7 heteroatoms. The molecule has 6 nitrogen and oxygen atoms in total. The van der Waals surface area contributed by atoms with Crippen molar-refractivity contribution in [1.82, 2.24) is 4.72 Å². The largest absolute Gasteiger partial charge is 0.495 e. The van der Waals surface area contributed by atoms with E-state index >= 15 is 0 Å². The second-order valence-corrected chi connectivity index (χ2v) is 6.28. The fourth-order valence-corrected chi connectivity index (χ4v) is 2.75. The zero-order chi connectivity index (χ0) is 15.2. The molecule has 0 saturated heterocycles. The summed E-state index contributed by atoms with van der Waals surface area (Å²) in [4.78, 5) is 11.1. The number of anilines is 1. The van der Waals surface area contributed by atoms with E-state index in [9.17, 15) is 13.2 Å². The van der Waals surface area contributed by atoms with Gasteiger partial charge < -0.3 is 10.1 Å². The molecular formula is C13H20N2O4S. The van der Waals surface area contributed by atoms with Gasteiger partial charge in [0.05, 0.1) is 18.6 Å². The van der Waals surface area contributed by atoms with Crippen LogP contribution in [0.15, 0.2) is 18.2 Å². The number of hydrogen-bond donors (Lipinski definition) is 2. The van der Waals surface area contributed by atoms with Crippen molar-refractivity contribution in [3.63, 3.8) is 0 Å². The Morgan fingerprint density at radius 2 is 2.05 bits per heavy atom. The van der Waals surface area contributed by atoms with E-state index in [-0.39, 0.29) is 18.2 Å². The first-order valence-electron chi connectivity index (χ1n) is 6.29. The Balaban J connectivity index is 2.84. The molecule has 0 aromatic heterocycles. The fraction of sp³-hybridized carbons (Fsp3) is 0.462. The second kappa shape index (κ2) is 7.25. The van der Waals surface area contributed by atoms with Gasteiger partial charge in [-0.1, -0.05) is 13.0 Å². The summed E-state index contributed by atoms with van der Waals surface area (Å²) >= 11 is 0. The van der Waals surface area contributed by atoms with E-state index in [4.69, 9.17) is 4.74 Å². The van der Waals surface area contributed by atoms with Crippen LogP contribution in [0.5, 0.6) is 5.75 Å². The Bertz CT molecular complexity index is 570. The number of ether oxygens (including phenoxy) is 1. The number of rotatable bonds is 7. The van der Waals surface area contributed by atoms with Crippen molar-refractivity contribution >= 4 is 21.6 Å². The molecule has 0 bridgehead atoms. The summed E-state index contributed by atoms with van der Waals surface area (Å²) in [5, 5.41) is 2.65. The minimum atomic E-state index is -3.25. The molecule has 1 rings (SSSR count). The molecule has 1 aromatic rings. The number of nitrogens with one attached hydrogen (secondary N) is 2. The number of benzene rings is 1. The van der Waals surface area contributed by atoms with Crippen molar-refractivity contribution in [2.24, 2.45) is 0 Å². The molecule has 0 aliphatic heterocycles. The molecule has 0 fully saturated rings. The van der Waals surface area contributed by atoms with Crippen LogP contribution in [0.25, 0.3) is 0 Å². The lowest BCUT2D eigenvalue weighted by Gasteiger charge is -2.11. The lowest BCUT2D eigenvalue weighted by molar-refractivity contribution is -0.114. The van der Waals surface area contributed by atoms with Crippen molar-refractivity contribution in [3.8, 4) is 5.75 Å². The van der Waals surface area contributed by atoms with Crippen LogP contribution in [0.1, 0.15) is 25.8 Å². The van der Waals surface area contributed by atoms with Gasteiger partial charge in [-0.3, -0.25) is 4.79 Å². The smallest absolute Gasteiger partial charge is 0.221 e. The molecule has 0 aliphatic rings. The topological polar surface area (TPSA) is 84.5 Å². The third-order valence-corrected chi connectivity index (χ3v) is 4.07. The van der Waals surface area contributed by atoms with E-state index < -0.39 is 10.0 Å². The normalized spacial score (nSPS) is 11.2. The number of carbonyl (C=O) groups is 1. The van der Waals surface area contributed by atoms with Gasteiger partial charge in [0.2, 0.25) is 15.9 Å². The molecular weight excluding hydrogens is 280 g/mol. The third kappa shape index (κ3) is 5.18. The van der Waals surface area contributed by atoms with Gasteiger partial charge in [-0.25, -0.2) is 13.1 Å². The highest BCUT2D eigenvalue weighted by atomic mass is 32.2. The Kier molecular flexibility index (Phi) is 5.97. The standard InChI is InChI=1S/C13H20N2O4S/c1-4-7-20(17,18)14-9-11-5-6-13(19-3)12(8-11)15-10(2)16/h5-6,8,14H,4,7,9H2,1-3H3,(H,15,16). The molecule has 0 aliphatic carbocycles. The predicted molar refractivity (Wildman–Crippen MR) is 78.2 cm³/mol. The van der Waals surface area contributed by atoms with E-state index in [1.807, 2.05) is 6.92 Å². The van der Waals surface area contributed by atoms with Gasteiger partial charge in [0.1, 0.15) is 5.75 Å². The molecule has 1 aromatic carbocycles. The maximum absolute atomic E-state index is 11.6. The molecule has 0 heterocycles. The fourth-order valence-electron chi connectivity index (χ4n) is 1.69. The molecule has 0 spiro atoms. The summed E-state index contributed by atoms with van der Waals surface area (Å²) < 4.78 is 30.8. The Labute approximate surface area is 119 Å². The van der Waals surface area contributed by atoms with Crippen LogP contribution >= 0.6 is 0 Å². The maximum atomic E-state index is 11.6. The number of carbonyl (C=O) groups excluding carboxylic acids is 1. The molecule has 1 amide bonds. The van der Waals surface area contributed by atoms with Crippen LogP contribution in [0.2, 0.25) is 0 Å². The predicted octanol–water partition coefficient (Wildman–Crippen LogP) is 1.48. The summed E-state index contributed by atoms with van der Waals surface area (Å²) in [7, 11) is -1.75. The summed E-state index contributed by atoms with van der Waals surface area (Å²) in [6, 6.07) is 5.13. The van der Waals surface area contributed by atoms with Crippen molar-refractivity contribution < 1.29 is 17.9 Å². The van der Waals surface area contributed by atoms with Crippen molar-refractivity contribution in [2.45, 2.75) is 26.8 Å². The van der Waals surface area contributed by atoms with Crippen LogP contribution in [-0.4, -0.2) is 27.2 Å². The number of sulfonamides is 1. The summed E-state index contributed by atoms with van der Waals surface area (Å²) in [6.45, 7) is 3.39. The maximum Gasteiger partial charge on any atom is 0.221 e. The lowest BCUT2D eigenvalue weighted by atomic mass is 10.2. The Morgan fingerprint density at radius 1 is 1.35 bits per heavy atom. The minimum Gasteiger partial charge on any atom is -0.495 e. The molecule has 0 unspecified atom stereocenters. The van der Waals surface area contributed by atoms with Gasteiger partial charge >= 0.3 is 0 Å². The SMILES string of the molecule is CCCS(=O)(=O)NCc1ccc(OC)c(NC(C)=O)c1. The second-order valence-electron chi connectivity index (χ2n) is 4.36. The van der Waals surface area contributed by atoms with Crippen LogP contribution in [0, 0.1) is 0 Å². The molecule has 0 radical (unpaired) electrons. The van der Waals surface area contributed by atoms with Gasteiger partial charge in [-0.15, -0.1) is 0 Å². The molecule has 0 saturated carbocycles. The molecule has 0 atom stereocenters. The van der Waals surface area contributed by atoms with Gasteiger partial charge in [-0.2, -0.15) is 0 Å². The minimum absolute atomic E-state index is 0.0989. The number of amides is 1. The zero-order valence-corrected chi connectivity index (χ0v) is 12.7. The van der Waals surface area contributed by atoms with Crippen LogP contribution in [0.3, 0.4) is 0 Å². The van der Waals surface area contributed by atoms with Crippen molar-refractivity contribution in [1.29, 1.82) is 0 Å². The highest BCUT2D eigenvalue weighted by molar-refractivity contribution is 7.89. The Morgan fingerprint density at radius 3 is 2.60 bits per heavy atom. The van der Waals surface area contributed by atoms with E-state index in [0.29, 0.717) is 17.9 Å². The first-order valence-corrected chi connectivity index (χ1v) is 7.95. The van der Waals surface area contributed by atoms with Gasteiger partial charge in [0, 0.05) is 13.5 Å². The average Bonchev–Trinajstić information content (AvgIpc) is 2.36. The Hall–Kier alpha value is -1.60. The lowest BCUT2D eigenvalue weighted by Crippen LogP contribution is -2.25. The van der Waals surface area contributed by atoms with E-state index in [2.05, 4.69) is 10.0 Å². The summed E-state index contributed by atoms with van der Waals surface area (Å²) in [5.74, 6) is 0.411. The molecule has 112 valence electrons. The quantitative estimate of drug-likeness (QED) is 0.799. The van der Waals surface area contributed by atoms with Crippen LogP contribution < -0.4 is 14.8 Å². The van der Waals surface area contributed by atoms with Crippen LogP contribution in [-0.2, 0) is 21.4 Å². The first-order chi connectivity index (χ1) is 9.38.